The van der Waals surface area contributed by atoms with Crippen LogP contribution >= 0.6 is 0 Å². The number of hydrogen-bond donors (Lipinski definition) is 1. The van der Waals surface area contributed by atoms with Crippen molar-refractivity contribution in [1.29, 1.82) is 0 Å². The van der Waals surface area contributed by atoms with Crippen molar-refractivity contribution in [3.8, 4) is 0 Å². The van der Waals surface area contributed by atoms with Gasteiger partial charge in [-0.1, -0.05) is 24.3 Å². The van der Waals surface area contributed by atoms with Crippen LogP contribution in [0.5, 0.6) is 0 Å². The summed E-state index contributed by atoms with van der Waals surface area (Å²) < 4.78 is 5.75. The normalized spacial score (nSPS) is 25.4. The fourth-order valence-electron chi connectivity index (χ4n) is 2.90. The summed E-state index contributed by atoms with van der Waals surface area (Å²) in [5, 5.41) is 3.52. The minimum Gasteiger partial charge on any atom is -0.377 e. The van der Waals surface area contributed by atoms with Gasteiger partial charge in [-0.25, -0.2) is 0 Å². The van der Waals surface area contributed by atoms with Gasteiger partial charge in [0.2, 0.25) is 0 Å². The van der Waals surface area contributed by atoms with Crippen LogP contribution in [0.25, 0.3) is 0 Å². The van der Waals surface area contributed by atoms with Crippen LogP contribution in [-0.4, -0.2) is 37.2 Å². The molecule has 2 aliphatic rings. The maximum atomic E-state index is 5.75. The SMILES string of the molecule is c1ccc2c(c1)CNCCN(CC1CCCO1)C2. The third-order valence-corrected chi connectivity index (χ3v) is 3.92. The molecule has 1 N–H and O–H groups in total. The van der Waals surface area contributed by atoms with Gasteiger partial charge in [-0.05, 0) is 24.0 Å². The summed E-state index contributed by atoms with van der Waals surface area (Å²) in [6, 6.07) is 8.76. The van der Waals surface area contributed by atoms with Crippen LogP contribution in [0.3, 0.4) is 0 Å². The standard InChI is InChI=1S/C15H22N2O/c1-2-5-14-11-17(12-15-6-3-9-18-15)8-7-16-10-13(14)4-1/h1-2,4-5,15-16H,3,6-12H2. The van der Waals surface area contributed by atoms with Gasteiger partial charge in [0.25, 0.3) is 0 Å². The molecule has 0 bridgehead atoms. The van der Waals surface area contributed by atoms with Crippen LogP contribution in [0.1, 0.15) is 24.0 Å². The first-order chi connectivity index (χ1) is 8.92. The Bertz CT molecular complexity index is 388. The number of ether oxygens (including phenoxy) is 1. The molecule has 0 radical (unpaired) electrons. The summed E-state index contributed by atoms with van der Waals surface area (Å²) in [6.45, 7) is 6.29. The van der Waals surface area contributed by atoms with Gasteiger partial charge < -0.3 is 10.1 Å². The second kappa shape index (κ2) is 5.83. The lowest BCUT2D eigenvalue weighted by atomic mass is 10.1. The van der Waals surface area contributed by atoms with E-state index in [-0.39, 0.29) is 0 Å². The van der Waals surface area contributed by atoms with Crippen molar-refractivity contribution in [2.45, 2.75) is 32.0 Å². The first-order valence-corrected chi connectivity index (χ1v) is 7.03. The average molecular weight is 246 g/mol. The van der Waals surface area contributed by atoms with E-state index in [1.54, 1.807) is 0 Å². The highest BCUT2D eigenvalue weighted by molar-refractivity contribution is 5.27. The highest BCUT2D eigenvalue weighted by Gasteiger charge is 2.20. The molecule has 0 aromatic heterocycles. The summed E-state index contributed by atoms with van der Waals surface area (Å²) in [6.07, 6.45) is 2.91. The molecule has 3 nitrogen and oxygen atoms in total. The maximum Gasteiger partial charge on any atom is 0.0702 e. The molecule has 3 rings (SSSR count). The van der Waals surface area contributed by atoms with E-state index in [0.717, 1.165) is 39.3 Å². The number of hydrogen-bond acceptors (Lipinski definition) is 3. The molecule has 98 valence electrons. The van der Waals surface area contributed by atoms with Crippen molar-refractivity contribution in [3.05, 3.63) is 35.4 Å². The Balaban J connectivity index is 1.68. The van der Waals surface area contributed by atoms with E-state index >= 15 is 0 Å². The summed E-state index contributed by atoms with van der Waals surface area (Å²) in [4.78, 5) is 2.53. The fraction of sp³-hybridized carbons (Fsp3) is 0.600. The molecule has 3 heteroatoms. The van der Waals surface area contributed by atoms with Gasteiger partial charge in [0.15, 0.2) is 0 Å². The van der Waals surface area contributed by atoms with Gasteiger partial charge >= 0.3 is 0 Å². The number of nitrogens with zero attached hydrogens (tertiary/aromatic N) is 1. The predicted molar refractivity (Wildman–Crippen MR) is 72.4 cm³/mol. The number of nitrogens with one attached hydrogen (secondary N) is 1. The lowest BCUT2D eigenvalue weighted by Gasteiger charge is -2.28. The van der Waals surface area contributed by atoms with E-state index in [2.05, 4.69) is 34.5 Å². The number of fused-ring (bicyclic) bond motifs is 1. The average Bonchev–Trinajstić information content (AvgIpc) is 2.85. The first-order valence-electron chi connectivity index (χ1n) is 7.03. The molecule has 0 aliphatic carbocycles. The smallest absolute Gasteiger partial charge is 0.0702 e. The summed E-state index contributed by atoms with van der Waals surface area (Å²) >= 11 is 0. The van der Waals surface area contributed by atoms with Crippen LogP contribution in [0.4, 0.5) is 0 Å². The second-order valence-corrected chi connectivity index (χ2v) is 5.32. The zero-order valence-corrected chi connectivity index (χ0v) is 10.9. The van der Waals surface area contributed by atoms with Crippen LogP contribution in [-0.2, 0) is 17.8 Å². The van der Waals surface area contributed by atoms with E-state index < -0.39 is 0 Å². The molecule has 1 saturated heterocycles. The quantitative estimate of drug-likeness (QED) is 0.861. The minimum atomic E-state index is 0.455. The molecular formula is C15H22N2O. The monoisotopic (exact) mass is 246 g/mol. The van der Waals surface area contributed by atoms with E-state index in [9.17, 15) is 0 Å². The zero-order chi connectivity index (χ0) is 12.2. The lowest BCUT2D eigenvalue weighted by Crippen LogP contribution is -2.38. The molecule has 0 spiro atoms. The second-order valence-electron chi connectivity index (χ2n) is 5.32. The van der Waals surface area contributed by atoms with Crippen LogP contribution in [0.2, 0.25) is 0 Å². The fourth-order valence-corrected chi connectivity index (χ4v) is 2.90. The van der Waals surface area contributed by atoms with Gasteiger partial charge in [0, 0.05) is 39.3 Å². The van der Waals surface area contributed by atoms with E-state index in [0.29, 0.717) is 6.10 Å². The van der Waals surface area contributed by atoms with Crippen molar-refractivity contribution < 1.29 is 4.74 Å². The molecule has 1 unspecified atom stereocenters. The first kappa shape index (κ1) is 12.2. The van der Waals surface area contributed by atoms with E-state index in [1.807, 2.05) is 0 Å². The third kappa shape index (κ3) is 2.91. The van der Waals surface area contributed by atoms with Crippen LogP contribution < -0.4 is 5.32 Å². The van der Waals surface area contributed by atoms with E-state index in [1.165, 1.54) is 24.0 Å². The van der Waals surface area contributed by atoms with Crippen molar-refractivity contribution in [3.63, 3.8) is 0 Å². The predicted octanol–water partition coefficient (Wildman–Crippen LogP) is 1.77. The van der Waals surface area contributed by atoms with Crippen LogP contribution in [0, 0.1) is 0 Å². The molecule has 2 heterocycles. The van der Waals surface area contributed by atoms with E-state index in [4.69, 9.17) is 4.74 Å². The number of rotatable bonds is 2. The van der Waals surface area contributed by atoms with Gasteiger partial charge in [-0.3, -0.25) is 4.90 Å². The van der Waals surface area contributed by atoms with Crippen molar-refractivity contribution in [1.82, 2.24) is 10.2 Å². The molecule has 1 aromatic rings. The zero-order valence-electron chi connectivity index (χ0n) is 10.9. The molecule has 0 saturated carbocycles. The van der Waals surface area contributed by atoms with Crippen molar-refractivity contribution in [2.75, 3.05) is 26.2 Å². The lowest BCUT2D eigenvalue weighted by molar-refractivity contribution is 0.0701. The summed E-state index contributed by atoms with van der Waals surface area (Å²) in [5.41, 5.74) is 2.90. The van der Waals surface area contributed by atoms with Crippen molar-refractivity contribution in [2.24, 2.45) is 0 Å². The highest BCUT2D eigenvalue weighted by atomic mass is 16.5. The Hall–Kier alpha value is -0.900. The largest absolute Gasteiger partial charge is 0.377 e. The maximum absolute atomic E-state index is 5.75. The van der Waals surface area contributed by atoms with Gasteiger partial charge in [0.05, 0.1) is 6.10 Å². The number of benzene rings is 1. The highest BCUT2D eigenvalue weighted by Crippen LogP contribution is 2.17. The molecule has 1 fully saturated rings. The van der Waals surface area contributed by atoms with Gasteiger partial charge in [-0.2, -0.15) is 0 Å². The summed E-state index contributed by atoms with van der Waals surface area (Å²) in [7, 11) is 0. The molecule has 0 amide bonds. The Morgan fingerprint density at radius 3 is 3.00 bits per heavy atom. The molecular weight excluding hydrogens is 224 g/mol. The minimum absolute atomic E-state index is 0.455. The van der Waals surface area contributed by atoms with Crippen molar-refractivity contribution >= 4 is 0 Å². The topological polar surface area (TPSA) is 24.5 Å². The summed E-state index contributed by atoms with van der Waals surface area (Å²) in [5.74, 6) is 0. The Morgan fingerprint density at radius 1 is 1.28 bits per heavy atom. The molecule has 18 heavy (non-hydrogen) atoms. The third-order valence-electron chi connectivity index (χ3n) is 3.92. The Kier molecular flexibility index (Phi) is 3.93. The Morgan fingerprint density at radius 2 is 2.17 bits per heavy atom. The van der Waals surface area contributed by atoms with Gasteiger partial charge in [0.1, 0.15) is 0 Å². The van der Waals surface area contributed by atoms with Crippen LogP contribution in [0.15, 0.2) is 24.3 Å². The Labute approximate surface area is 109 Å². The molecule has 1 aromatic carbocycles. The molecule has 2 aliphatic heterocycles. The molecule has 1 atom stereocenters. The van der Waals surface area contributed by atoms with Gasteiger partial charge in [-0.15, -0.1) is 0 Å².